The number of nitrogens with zero attached hydrogens (tertiary/aromatic N) is 4. The first-order valence-corrected chi connectivity index (χ1v) is 10.4. The van der Waals surface area contributed by atoms with Gasteiger partial charge in [0.25, 0.3) is 0 Å². The molecule has 1 N–H and O–H groups in total. The SMILES string of the molecule is Cc1n[nH]c(C)c1S(=O)(=O)N1CCC(c2nnc(-c3ccc(F)cc3)o2)CC1. The smallest absolute Gasteiger partial charge is 0.247 e. The second kappa shape index (κ2) is 7.10. The number of sulfonamides is 1. The molecule has 8 nitrogen and oxygen atoms in total. The van der Waals surface area contributed by atoms with Crippen LogP contribution in [0.1, 0.15) is 36.0 Å². The van der Waals surface area contributed by atoms with Gasteiger partial charge in [0.05, 0.1) is 11.4 Å². The lowest BCUT2D eigenvalue weighted by Gasteiger charge is -2.29. The van der Waals surface area contributed by atoms with E-state index < -0.39 is 10.0 Å². The van der Waals surface area contributed by atoms with Gasteiger partial charge in [0.1, 0.15) is 10.7 Å². The molecule has 1 fully saturated rings. The number of nitrogens with one attached hydrogen (secondary N) is 1. The van der Waals surface area contributed by atoms with Gasteiger partial charge >= 0.3 is 0 Å². The van der Waals surface area contributed by atoms with E-state index in [0.29, 0.717) is 54.7 Å². The lowest BCUT2D eigenvalue weighted by atomic mass is 9.98. The summed E-state index contributed by atoms with van der Waals surface area (Å²) in [5, 5.41) is 14.9. The average Bonchev–Trinajstić information content (AvgIpc) is 3.30. The maximum Gasteiger partial charge on any atom is 0.247 e. The first-order chi connectivity index (χ1) is 13.4. The summed E-state index contributed by atoms with van der Waals surface area (Å²) in [5.74, 6) is 0.460. The maximum absolute atomic E-state index is 13.1. The summed E-state index contributed by atoms with van der Waals surface area (Å²) < 4.78 is 46.2. The van der Waals surface area contributed by atoms with Crippen LogP contribution in [0.15, 0.2) is 33.6 Å². The van der Waals surface area contributed by atoms with E-state index in [1.165, 1.54) is 16.4 Å². The standard InChI is InChI=1S/C18H20FN5O3S/c1-11-16(12(2)21-20-11)28(25,26)24-9-7-14(8-10-24)18-23-22-17(27-18)13-3-5-15(19)6-4-13/h3-6,14H,7-10H2,1-2H3,(H,20,21). The summed E-state index contributed by atoms with van der Waals surface area (Å²) in [6, 6.07) is 5.83. The molecule has 0 atom stereocenters. The summed E-state index contributed by atoms with van der Waals surface area (Å²) in [6.07, 6.45) is 1.17. The molecule has 1 saturated heterocycles. The predicted molar refractivity (Wildman–Crippen MR) is 98.5 cm³/mol. The van der Waals surface area contributed by atoms with Crippen molar-refractivity contribution >= 4 is 10.0 Å². The fourth-order valence-corrected chi connectivity index (χ4v) is 5.30. The van der Waals surface area contributed by atoms with E-state index in [9.17, 15) is 12.8 Å². The Kier molecular flexibility index (Phi) is 4.76. The molecule has 3 heterocycles. The molecule has 0 saturated carbocycles. The van der Waals surface area contributed by atoms with Gasteiger partial charge in [-0.3, -0.25) is 5.10 Å². The Balaban J connectivity index is 1.47. The van der Waals surface area contributed by atoms with Crippen LogP contribution >= 0.6 is 0 Å². The van der Waals surface area contributed by atoms with E-state index in [4.69, 9.17) is 4.42 Å². The van der Waals surface area contributed by atoms with E-state index in [-0.39, 0.29) is 16.6 Å². The van der Waals surface area contributed by atoms with E-state index in [0.717, 1.165) is 0 Å². The number of hydrogen-bond acceptors (Lipinski definition) is 6. The number of H-pyrrole nitrogens is 1. The van der Waals surface area contributed by atoms with Crippen LogP contribution < -0.4 is 0 Å². The Labute approximate surface area is 161 Å². The van der Waals surface area contributed by atoms with Gasteiger partial charge in [-0.05, 0) is 51.0 Å². The molecule has 3 aromatic rings. The van der Waals surface area contributed by atoms with Crippen molar-refractivity contribution in [2.24, 2.45) is 0 Å². The van der Waals surface area contributed by atoms with E-state index in [1.54, 1.807) is 26.0 Å². The van der Waals surface area contributed by atoms with Gasteiger partial charge in [-0.2, -0.15) is 9.40 Å². The summed E-state index contributed by atoms with van der Waals surface area (Å²) in [7, 11) is -3.59. The quantitative estimate of drug-likeness (QED) is 0.716. The number of piperidine rings is 1. The highest BCUT2D eigenvalue weighted by atomic mass is 32.2. The normalized spacial score (nSPS) is 16.5. The number of halogens is 1. The molecule has 2 aromatic heterocycles. The minimum Gasteiger partial charge on any atom is -0.420 e. The number of aromatic amines is 1. The van der Waals surface area contributed by atoms with Crippen LogP contribution in [0.25, 0.3) is 11.5 Å². The topological polar surface area (TPSA) is 105 Å². The van der Waals surface area contributed by atoms with Crippen LogP contribution in [0.5, 0.6) is 0 Å². The van der Waals surface area contributed by atoms with Crippen LogP contribution in [0.2, 0.25) is 0 Å². The molecule has 0 aliphatic carbocycles. The van der Waals surface area contributed by atoms with Crippen molar-refractivity contribution in [2.75, 3.05) is 13.1 Å². The summed E-state index contributed by atoms with van der Waals surface area (Å²) in [6.45, 7) is 4.12. The number of rotatable bonds is 4. The number of aryl methyl sites for hydroxylation is 2. The Bertz CT molecular complexity index is 1060. The zero-order chi connectivity index (χ0) is 19.9. The van der Waals surface area contributed by atoms with Crippen LogP contribution in [-0.2, 0) is 10.0 Å². The van der Waals surface area contributed by atoms with Crippen molar-refractivity contribution in [3.8, 4) is 11.5 Å². The molecule has 148 valence electrons. The fraction of sp³-hybridized carbons (Fsp3) is 0.389. The molecule has 4 rings (SSSR count). The minimum absolute atomic E-state index is 0.0142. The molecule has 0 unspecified atom stereocenters. The van der Waals surface area contributed by atoms with Gasteiger partial charge in [-0.1, -0.05) is 0 Å². The summed E-state index contributed by atoms with van der Waals surface area (Å²) >= 11 is 0. The Morgan fingerprint density at radius 1 is 1.14 bits per heavy atom. The van der Waals surface area contributed by atoms with Gasteiger partial charge in [0.15, 0.2) is 0 Å². The van der Waals surface area contributed by atoms with Gasteiger partial charge in [0.2, 0.25) is 21.8 Å². The third-order valence-corrected chi connectivity index (χ3v) is 7.16. The Hall–Kier alpha value is -2.59. The zero-order valence-electron chi connectivity index (χ0n) is 15.5. The second-order valence-corrected chi connectivity index (χ2v) is 8.77. The second-order valence-electron chi connectivity index (χ2n) is 6.89. The highest BCUT2D eigenvalue weighted by molar-refractivity contribution is 7.89. The van der Waals surface area contributed by atoms with Crippen LogP contribution in [0.4, 0.5) is 4.39 Å². The first kappa shape index (κ1) is 18.8. The molecule has 1 aromatic carbocycles. The average molecular weight is 405 g/mol. The van der Waals surface area contributed by atoms with Crippen molar-refractivity contribution in [2.45, 2.75) is 37.5 Å². The lowest BCUT2D eigenvalue weighted by molar-refractivity contribution is 0.291. The predicted octanol–water partition coefficient (Wildman–Crippen LogP) is 2.78. The summed E-state index contributed by atoms with van der Waals surface area (Å²) in [5.41, 5.74) is 1.66. The largest absolute Gasteiger partial charge is 0.420 e. The minimum atomic E-state index is -3.59. The van der Waals surface area contributed by atoms with Crippen molar-refractivity contribution in [3.63, 3.8) is 0 Å². The fourth-order valence-electron chi connectivity index (χ4n) is 3.50. The highest BCUT2D eigenvalue weighted by Gasteiger charge is 2.34. The highest BCUT2D eigenvalue weighted by Crippen LogP contribution is 2.32. The molecular formula is C18H20FN5O3S. The van der Waals surface area contributed by atoms with Crippen molar-refractivity contribution in [1.82, 2.24) is 24.7 Å². The lowest BCUT2D eigenvalue weighted by Crippen LogP contribution is -2.38. The van der Waals surface area contributed by atoms with E-state index in [1.807, 2.05) is 0 Å². The molecule has 28 heavy (non-hydrogen) atoms. The van der Waals surface area contributed by atoms with Crippen LogP contribution in [-0.4, -0.2) is 46.2 Å². The molecule has 10 heteroatoms. The number of aromatic nitrogens is 4. The number of hydrogen-bond donors (Lipinski definition) is 1. The van der Waals surface area contributed by atoms with E-state index >= 15 is 0 Å². The van der Waals surface area contributed by atoms with E-state index in [2.05, 4.69) is 20.4 Å². The Morgan fingerprint density at radius 3 is 2.43 bits per heavy atom. The molecule has 0 bridgehead atoms. The third kappa shape index (κ3) is 3.33. The Morgan fingerprint density at radius 2 is 1.82 bits per heavy atom. The van der Waals surface area contributed by atoms with Crippen molar-refractivity contribution in [3.05, 3.63) is 47.4 Å². The monoisotopic (exact) mass is 405 g/mol. The zero-order valence-corrected chi connectivity index (χ0v) is 16.3. The molecule has 1 aliphatic heterocycles. The molecule has 1 aliphatic rings. The van der Waals surface area contributed by atoms with Crippen molar-refractivity contribution < 1.29 is 17.2 Å². The molecule has 0 radical (unpaired) electrons. The molecular weight excluding hydrogens is 385 g/mol. The molecule has 0 spiro atoms. The van der Waals surface area contributed by atoms with Gasteiger partial charge in [-0.15, -0.1) is 10.2 Å². The van der Waals surface area contributed by atoms with Crippen molar-refractivity contribution in [1.29, 1.82) is 0 Å². The van der Waals surface area contributed by atoms with Gasteiger partial charge in [-0.25, -0.2) is 12.8 Å². The maximum atomic E-state index is 13.1. The van der Waals surface area contributed by atoms with Crippen LogP contribution in [0, 0.1) is 19.7 Å². The van der Waals surface area contributed by atoms with Crippen LogP contribution in [0.3, 0.4) is 0 Å². The third-order valence-electron chi connectivity index (χ3n) is 4.99. The first-order valence-electron chi connectivity index (χ1n) is 8.97. The number of benzene rings is 1. The van der Waals surface area contributed by atoms with Gasteiger partial charge < -0.3 is 4.42 Å². The molecule has 0 amide bonds. The summed E-state index contributed by atoms with van der Waals surface area (Å²) in [4.78, 5) is 0.252. The van der Waals surface area contributed by atoms with Gasteiger partial charge in [0, 0.05) is 24.6 Å².